The summed E-state index contributed by atoms with van der Waals surface area (Å²) in [6, 6.07) is 6.19. The molecule has 0 aliphatic rings. The lowest BCUT2D eigenvalue weighted by Gasteiger charge is -2.11. The van der Waals surface area contributed by atoms with Crippen LogP contribution in [0.1, 0.15) is 84.0 Å². The highest BCUT2D eigenvalue weighted by molar-refractivity contribution is 7.80. The summed E-state index contributed by atoms with van der Waals surface area (Å²) < 4.78 is 0. The molecule has 0 saturated carbocycles. The Hall–Kier alpha value is -2.22. The fraction of sp³-hybridized carbons (Fsp3) is 0.619. The molecule has 0 atom stereocenters. The second-order valence-corrected chi connectivity index (χ2v) is 7.60. The molecule has 3 N–H and O–H groups in total. The second-order valence-electron chi connectivity index (χ2n) is 7.19. The van der Waals surface area contributed by atoms with Crippen molar-refractivity contribution in [1.29, 1.82) is 0 Å². The highest BCUT2D eigenvalue weighted by atomic mass is 32.1. The molecule has 162 valence electrons. The Labute approximate surface area is 179 Å². The Morgan fingerprint density at radius 2 is 1.48 bits per heavy atom. The number of benzene rings is 1. The topological polar surface area (TPSA) is 96.3 Å². The van der Waals surface area contributed by atoms with Gasteiger partial charge in [-0.2, -0.15) is 0 Å². The number of para-hydroxylation sites is 2. The molecule has 0 unspecified atom stereocenters. The van der Waals surface area contributed by atoms with Crippen LogP contribution in [0, 0.1) is 10.1 Å². The number of thiocarbonyl (C=S) groups is 1. The maximum Gasteiger partial charge on any atom is 0.292 e. The first-order valence-corrected chi connectivity index (χ1v) is 11.0. The quantitative estimate of drug-likeness (QED) is 0.156. The number of nitro benzene ring substituents is 1. The number of rotatable bonds is 14. The van der Waals surface area contributed by atoms with Crippen molar-refractivity contribution in [3.63, 3.8) is 0 Å². The van der Waals surface area contributed by atoms with Crippen LogP contribution in [-0.4, -0.2) is 15.9 Å². The number of anilines is 1. The molecular weight excluding hydrogens is 388 g/mol. The molecule has 1 aromatic carbocycles. The van der Waals surface area contributed by atoms with Crippen LogP contribution in [0.2, 0.25) is 0 Å². The second kappa shape index (κ2) is 15.7. The van der Waals surface area contributed by atoms with Crippen LogP contribution in [0.3, 0.4) is 0 Å². The third-order valence-electron chi connectivity index (χ3n) is 4.67. The predicted octanol–water partition coefficient (Wildman–Crippen LogP) is 5.61. The fourth-order valence-corrected chi connectivity index (χ4v) is 3.19. The van der Waals surface area contributed by atoms with Crippen molar-refractivity contribution < 1.29 is 9.72 Å². The lowest BCUT2D eigenvalue weighted by molar-refractivity contribution is -0.383. The summed E-state index contributed by atoms with van der Waals surface area (Å²) in [5, 5.41) is 13.8. The lowest BCUT2D eigenvalue weighted by Crippen LogP contribution is -2.43. The van der Waals surface area contributed by atoms with Gasteiger partial charge in [-0.1, -0.05) is 83.3 Å². The van der Waals surface area contributed by atoms with Crippen molar-refractivity contribution in [3.8, 4) is 0 Å². The van der Waals surface area contributed by atoms with Gasteiger partial charge >= 0.3 is 0 Å². The normalized spacial score (nSPS) is 10.4. The number of hydrogen-bond donors (Lipinski definition) is 3. The first-order chi connectivity index (χ1) is 14.0. The zero-order valence-corrected chi connectivity index (χ0v) is 18.2. The number of hydrazine groups is 1. The molecule has 0 aromatic heterocycles. The Morgan fingerprint density at radius 3 is 2.07 bits per heavy atom. The van der Waals surface area contributed by atoms with Gasteiger partial charge in [-0.25, -0.2) is 0 Å². The van der Waals surface area contributed by atoms with Crippen LogP contribution in [0.15, 0.2) is 24.3 Å². The van der Waals surface area contributed by atoms with Gasteiger partial charge in [0.2, 0.25) is 5.91 Å². The van der Waals surface area contributed by atoms with E-state index in [4.69, 9.17) is 12.2 Å². The summed E-state index contributed by atoms with van der Waals surface area (Å²) >= 11 is 5.07. The molecule has 0 bridgehead atoms. The van der Waals surface area contributed by atoms with Crippen LogP contribution in [0.5, 0.6) is 0 Å². The molecular formula is C21H34N4O3S. The third-order valence-corrected chi connectivity index (χ3v) is 4.88. The number of nitrogens with zero attached hydrogens (tertiary/aromatic N) is 1. The molecule has 0 saturated heterocycles. The molecule has 0 heterocycles. The van der Waals surface area contributed by atoms with Crippen LogP contribution >= 0.6 is 12.2 Å². The number of nitrogens with one attached hydrogen (secondary N) is 3. The van der Waals surface area contributed by atoms with Crippen molar-refractivity contribution in [1.82, 2.24) is 10.9 Å². The summed E-state index contributed by atoms with van der Waals surface area (Å²) in [4.78, 5) is 22.4. The number of amides is 1. The molecule has 8 heteroatoms. The fourth-order valence-electron chi connectivity index (χ4n) is 3.03. The Balaban J connectivity index is 2.05. The summed E-state index contributed by atoms with van der Waals surface area (Å²) in [6.07, 6.45) is 14.0. The van der Waals surface area contributed by atoms with Gasteiger partial charge in [0, 0.05) is 12.5 Å². The van der Waals surface area contributed by atoms with Crippen molar-refractivity contribution in [3.05, 3.63) is 34.4 Å². The van der Waals surface area contributed by atoms with Crippen LogP contribution in [-0.2, 0) is 4.79 Å². The Kier molecular flexibility index (Phi) is 13.4. The van der Waals surface area contributed by atoms with Gasteiger partial charge in [-0.3, -0.25) is 25.8 Å². The number of unbranched alkanes of at least 4 members (excludes halogenated alkanes) is 10. The molecule has 0 radical (unpaired) electrons. The van der Waals surface area contributed by atoms with Crippen LogP contribution in [0.4, 0.5) is 11.4 Å². The number of carbonyl (C=O) groups excluding carboxylic acids is 1. The van der Waals surface area contributed by atoms with Gasteiger partial charge in [-0.05, 0) is 24.7 Å². The average molecular weight is 423 g/mol. The number of carbonyl (C=O) groups is 1. The van der Waals surface area contributed by atoms with Gasteiger partial charge < -0.3 is 5.32 Å². The first-order valence-electron chi connectivity index (χ1n) is 10.6. The van der Waals surface area contributed by atoms with E-state index >= 15 is 0 Å². The first kappa shape index (κ1) is 24.8. The molecule has 1 aromatic rings. The van der Waals surface area contributed by atoms with E-state index in [1.54, 1.807) is 18.2 Å². The largest absolute Gasteiger partial charge is 0.326 e. The third kappa shape index (κ3) is 12.1. The maximum atomic E-state index is 11.9. The van der Waals surface area contributed by atoms with Gasteiger partial charge in [0.1, 0.15) is 5.69 Å². The standard InChI is InChI=1S/C21H34N4O3S/c1-2-3-4-5-6-7-8-9-10-11-12-17-20(26)23-24-21(29)22-18-15-13-14-16-19(18)25(27)28/h13-16H,2-12,17H2,1H3,(H,23,26)(H2,22,24,29). The summed E-state index contributed by atoms with van der Waals surface area (Å²) in [6.45, 7) is 2.24. The molecule has 7 nitrogen and oxygen atoms in total. The van der Waals surface area contributed by atoms with Crippen LogP contribution in [0.25, 0.3) is 0 Å². The van der Waals surface area contributed by atoms with Crippen molar-refractivity contribution in [2.45, 2.75) is 84.0 Å². The smallest absolute Gasteiger partial charge is 0.292 e. The van der Waals surface area contributed by atoms with E-state index in [1.165, 1.54) is 57.4 Å². The molecule has 0 spiro atoms. The molecule has 1 rings (SSSR count). The maximum absolute atomic E-state index is 11.9. The summed E-state index contributed by atoms with van der Waals surface area (Å²) in [5.41, 5.74) is 5.30. The van der Waals surface area contributed by atoms with E-state index in [2.05, 4.69) is 23.1 Å². The minimum absolute atomic E-state index is 0.0797. The van der Waals surface area contributed by atoms with Gasteiger partial charge in [-0.15, -0.1) is 0 Å². The van der Waals surface area contributed by atoms with Gasteiger partial charge in [0.05, 0.1) is 4.92 Å². The van der Waals surface area contributed by atoms with E-state index in [9.17, 15) is 14.9 Å². The molecule has 1 amide bonds. The minimum atomic E-state index is -0.490. The highest BCUT2D eigenvalue weighted by Gasteiger charge is 2.13. The van der Waals surface area contributed by atoms with Crippen molar-refractivity contribution in [2.24, 2.45) is 0 Å². The zero-order valence-electron chi connectivity index (χ0n) is 17.4. The molecule has 0 aliphatic heterocycles. The monoisotopic (exact) mass is 422 g/mol. The lowest BCUT2D eigenvalue weighted by atomic mass is 10.1. The molecule has 0 fully saturated rings. The highest BCUT2D eigenvalue weighted by Crippen LogP contribution is 2.22. The molecule has 29 heavy (non-hydrogen) atoms. The van der Waals surface area contributed by atoms with E-state index in [1.807, 2.05) is 0 Å². The summed E-state index contributed by atoms with van der Waals surface area (Å²) in [7, 11) is 0. The van der Waals surface area contributed by atoms with E-state index < -0.39 is 4.92 Å². The van der Waals surface area contributed by atoms with Crippen LogP contribution < -0.4 is 16.2 Å². The average Bonchev–Trinajstić information content (AvgIpc) is 2.70. The Bertz CT molecular complexity index is 640. The van der Waals surface area contributed by atoms with Gasteiger partial charge in [0.25, 0.3) is 5.69 Å². The van der Waals surface area contributed by atoms with E-state index in [-0.39, 0.29) is 22.4 Å². The minimum Gasteiger partial charge on any atom is -0.326 e. The van der Waals surface area contributed by atoms with E-state index in [0.717, 1.165) is 19.3 Å². The van der Waals surface area contributed by atoms with Crippen molar-refractivity contribution in [2.75, 3.05) is 5.32 Å². The zero-order chi connectivity index (χ0) is 21.3. The molecule has 0 aliphatic carbocycles. The summed E-state index contributed by atoms with van der Waals surface area (Å²) in [5.74, 6) is -0.146. The SMILES string of the molecule is CCCCCCCCCCCCCC(=O)NNC(=S)Nc1ccccc1[N+](=O)[O-]. The number of hydrogen-bond acceptors (Lipinski definition) is 4. The predicted molar refractivity (Wildman–Crippen MR) is 122 cm³/mol. The number of nitro groups is 1. The Morgan fingerprint density at radius 1 is 0.931 bits per heavy atom. The van der Waals surface area contributed by atoms with Gasteiger partial charge in [0.15, 0.2) is 5.11 Å². The van der Waals surface area contributed by atoms with Crippen molar-refractivity contribution >= 4 is 34.6 Å². The van der Waals surface area contributed by atoms with E-state index in [0.29, 0.717) is 6.42 Å².